The average Bonchev–Trinajstić information content (AvgIpc) is 2.05. The Morgan fingerprint density at radius 2 is 1.82 bits per heavy atom. The van der Waals surface area contributed by atoms with Crippen molar-refractivity contribution in [1.29, 1.82) is 0 Å². The standard InChI is InChI=1S/C10H12Cl/c1-8(9(2)11)10-6-4-3-5-7-10/h3-9H,1H2,2H3. The van der Waals surface area contributed by atoms with Crippen LogP contribution in [0.2, 0.25) is 0 Å². The summed E-state index contributed by atoms with van der Waals surface area (Å²) < 4.78 is 0. The molecule has 59 valence electrons. The van der Waals surface area contributed by atoms with Crippen molar-refractivity contribution >= 4 is 11.6 Å². The lowest BCUT2D eigenvalue weighted by Gasteiger charge is -2.13. The van der Waals surface area contributed by atoms with Gasteiger partial charge in [-0.05, 0) is 19.4 Å². The highest BCUT2D eigenvalue weighted by Crippen LogP contribution is 2.21. The molecule has 0 aromatic heterocycles. The van der Waals surface area contributed by atoms with Gasteiger partial charge in [0.1, 0.15) is 0 Å². The van der Waals surface area contributed by atoms with Gasteiger partial charge in [-0.25, -0.2) is 0 Å². The number of alkyl halides is 1. The molecular formula is C10H12Cl. The summed E-state index contributed by atoms with van der Waals surface area (Å²) in [5.74, 6) is 0.192. The molecule has 0 saturated heterocycles. The van der Waals surface area contributed by atoms with E-state index in [9.17, 15) is 0 Å². The monoisotopic (exact) mass is 167 g/mol. The van der Waals surface area contributed by atoms with Crippen molar-refractivity contribution in [3.8, 4) is 0 Å². The van der Waals surface area contributed by atoms with E-state index >= 15 is 0 Å². The van der Waals surface area contributed by atoms with Gasteiger partial charge in [-0.3, -0.25) is 0 Å². The second kappa shape index (κ2) is 3.77. The van der Waals surface area contributed by atoms with Gasteiger partial charge in [0.15, 0.2) is 0 Å². The molecule has 1 aromatic carbocycles. The molecule has 0 heterocycles. The highest BCUT2D eigenvalue weighted by atomic mass is 35.5. The van der Waals surface area contributed by atoms with Crippen molar-refractivity contribution in [3.05, 3.63) is 42.8 Å². The first kappa shape index (κ1) is 8.61. The largest absolute Gasteiger partial charge is 0.123 e. The number of hydrogen-bond donors (Lipinski definition) is 0. The molecule has 0 spiro atoms. The lowest BCUT2D eigenvalue weighted by Crippen LogP contribution is -2.04. The smallest absolute Gasteiger partial charge is 0.0376 e. The highest BCUT2D eigenvalue weighted by molar-refractivity contribution is 6.20. The van der Waals surface area contributed by atoms with Gasteiger partial charge in [0.05, 0.1) is 0 Å². The van der Waals surface area contributed by atoms with Crippen LogP contribution < -0.4 is 0 Å². The van der Waals surface area contributed by atoms with Crippen LogP contribution >= 0.6 is 11.6 Å². The van der Waals surface area contributed by atoms with Crippen LogP contribution in [0, 0.1) is 6.92 Å². The molecular weight excluding hydrogens is 156 g/mol. The van der Waals surface area contributed by atoms with Gasteiger partial charge in [0.2, 0.25) is 0 Å². The van der Waals surface area contributed by atoms with Crippen LogP contribution in [0.15, 0.2) is 30.3 Å². The fraction of sp³-hybridized carbons (Fsp3) is 0.300. The van der Waals surface area contributed by atoms with Gasteiger partial charge < -0.3 is 0 Å². The fourth-order valence-corrected chi connectivity index (χ4v) is 1.11. The molecule has 1 aromatic rings. The third-order valence-electron chi connectivity index (χ3n) is 1.78. The van der Waals surface area contributed by atoms with Crippen molar-refractivity contribution in [2.24, 2.45) is 0 Å². The number of benzene rings is 1. The minimum atomic E-state index is 0.0948. The molecule has 2 unspecified atom stereocenters. The van der Waals surface area contributed by atoms with E-state index in [1.165, 1.54) is 5.56 Å². The summed E-state index contributed by atoms with van der Waals surface area (Å²) in [5.41, 5.74) is 1.20. The first-order valence-electron chi connectivity index (χ1n) is 3.74. The maximum atomic E-state index is 5.90. The minimum absolute atomic E-state index is 0.0948. The summed E-state index contributed by atoms with van der Waals surface area (Å²) in [7, 11) is 0. The lowest BCUT2D eigenvalue weighted by molar-refractivity contribution is 0.811. The third kappa shape index (κ3) is 2.23. The molecule has 0 N–H and O–H groups in total. The van der Waals surface area contributed by atoms with Crippen LogP contribution in [0.4, 0.5) is 0 Å². The van der Waals surface area contributed by atoms with Crippen LogP contribution in [0.3, 0.4) is 0 Å². The van der Waals surface area contributed by atoms with Crippen molar-refractivity contribution in [1.82, 2.24) is 0 Å². The summed E-state index contributed by atoms with van der Waals surface area (Å²) >= 11 is 5.90. The molecule has 0 nitrogen and oxygen atoms in total. The van der Waals surface area contributed by atoms with Crippen LogP contribution in [0.5, 0.6) is 0 Å². The van der Waals surface area contributed by atoms with Crippen molar-refractivity contribution in [3.63, 3.8) is 0 Å². The Morgan fingerprint density at radius 3 is 2.27 bits per heavy atom. The zero-order chi connectivity index (χ0) is 8.27. The summed E-state index contributed by atoms with van der Waals surface area (Å²) in [6.07, 6.45) is 0. The molecule has 11 heavy (non-hydrogen) atoms. The maximum Gasteiger partial charge on any atom is 0.0376 e. The van der Waals surface area contributed by atoms with E-state index in [1.54, 1.807) is 0 Å². The molecule has 0 bridgehead atoms. The Labute approximate surface area is 73.2 Å². The highest BCUT2D eigenvalue weighted by Gasteiger charge is 2.09. The molecule has 0 amide bonds. The third-order valence-corrected chi connectivity index (χ3v) is 2.09. The van der Waals surface area contributed by atoms with Gasteiger partial charge in [0.25, 0.3) is 0 Å². The number of halogens is 1. The normalized spacial score (nSPS) is 15.9. The average molecular weight is 168 g/mol. The van der Waals surface area contributed by atoms with Gasteiger partial charge >= 0.3 is 0 Å². The van der Waals surface area contributed by atoms with E-state index < -0.39 is 0 Å². The van der Waals surface area contributed by atoms with E-state index in [0.29, 0.717) is 0 Å². The molecule has 0 aliphatic carbocycles. The summed E-state index contributed by atoms with van der Waals surface area (Å²) in [4.78, 5) is 0. The van der Waals surface area contributed by atoms with Gasteiger partial charge in [-0.15, -0.1) is 11.6 Å². The molecule has 0 fully saturated rings. The molecule has 0 aliphatic heterocycles. The quantitative estimate of drug-likeness (QED) is 0.594. The molecule has 0 saturated carbocycles. The Hall–Kier alpha value is -0.490. The van der Waals surface area contributed by atoms with Gasteiger partial charge in [-0.2, -0.15) is 0 Å². The second-order valence-corrected chi connectivity index (χ2v) is 3.38. The van der Waals surface area contributed by atoms with E-state index in [0.717, 1.165) is 0 Å². The summed E-state index contributed by atoms with van der Waals surface area (Å²) in [6, 6.07) is 10.1. The van der Waals surface area contributed by atoms with E-state index in [-0.39, 0.29) is 11.3 Å². The lowest BCUT2D eigenvalue weighted by atomic mass is 9.99. The topological polar surface area (TPSA) is 0 Å². The van der Waals surface area contributed by atoms with Gasteiger partial charge in [0, 0.05) is 11.3 Å². The Morgan fingerprint density at radius 1 is 1.27 bits per heavy atom. The number of rotatable bonds is 2. The molecule has 2 atom stereocenters. The van der Waals surface area contributed by atoms with Crippen molar-refractivity contribution in [2.75, 3.05) is 0 Å². The molecule has 0 aliphatic rings. The molecule has 1 rings (SSSR count). The van der Waals surface area contributed by atoms with E-state index in [1.807, 2.05) is 25.1 Å². The Balaban J connectivity index is 2.77. The van der Waals surface area contributed by atoms with Crippen LogP contribution in [0.25, 0.3) is 0 Å². The van der Waals surface area contributed by atoms with Gasteiger partial charge in [-0.1, -0.05) is 30.3 Å². The van der Waals surface area contributed by atoms with E-state index in [4.69, 9.17) is 11.6 Å². The van der Waals surface area contributed by atoms with Crippen molar-refractivity contribution < 1.29 is 0 Å². The maximum absolute atomic E-state index is 5.90. The van der Waals surface area contributed by atoms with Crippen LogP contribution in [-0.4, -0.2) is 5.38 Å². The molecule has 1 radical (unpaired) electrons. The molecule has 1 heteroatoms. The predicted molar refractivity (Wildman–Crippen MR) is 49.9 cm³/mol. The zero-order valence-corrected chi connectivity index (χ0v) is 7.38. The number of hydrogen-bond acceptors (Lipinski definition) is 0. The predicted octanol–water partition coefficient (Wildman–Crippen LogP) is 3.23. The Bertz CT molecular complexity index is 203. The zero-order valence-electron chi connectivity index (χ0n) is 6.63. The second-order valence-electron chi connectivity index (χ2n) is 2.69. The van der Waals surface area contributed by atoms with Crippen molar-refractivity contribution in [2.45, 2.75) is 18.2 Å². The van der Waals surface area contributed by atoms with Crippen LogP contribution in [-0.2, 0) is 0 Å². The summed E-state index contributed by atoms with van der Waals surface area (Å²) in [6.45, 7) is 5.94. The first-order chi connectivity index (χ1) is 5.22. The summed E-state index contributed by atoms with van der Waals surface area (Å²) in [5, 5.41) is 0.0948. The fourth-order valence-electron chi connectivity index (χ4n) is 0.965. The van der Waals surface area contributed by atoms with Crippen LogP contribution in [0.1, 0.15) is 18.4 Å². The minimum Gasteiger partial charge on any atom is -0.123 e. The Kier molecular flexibility index (Phi) is 2.95. The SMILES string of the molecule is [CH2]C(c1ccccc1)C(C)Cl. The first-order valence-corrected chi connectivity index (χ1v) is 4.17. The van der Waals surface area contributed by atoms with E-state index in [2.05, 4.69) is 19.1 Å².